The molecule has 0 saturated heterocycles. The van der Waals surface area contributed by atoms with Crippen LogP contribution in [0.2, 0.25) is 0 Å². The van der Waals surface area contributed by atoms with Crippen molar-refractivity contribution in [1.82, 2.24) is 5.32 Å². The Hall–Kier alpha value is -1.07. The number of hydrogen-bond donors (Lipinski definition) is 1. The Balaban J connectivity index is 2.15. The molecule has 0 radical (unpaired) electrons. The fourth-order valence-corrected chi connectivity index (χ4v) is 2.33. The molecule has 2 aromatic carbocycles. The maximum atomic E-state index is 6.01. The largest absolute Gasteiger partial charge is 0.457 e. The highest BCUT2D eigenvalue weighted by atomic mass is 127. The molecule has 0 heterocycles. The molecule has 20 heavy (non-hydrogen) atoms. The van der Waals surface area contributed by atoms with Crippen LogP contribution in [0.15, 0.2) is 42.5 Å². The van der Waals surface area contributed by atoms with Crippen LogP contribution in [-0.2, 0) is 6.54 Å². The molecule has 0 saturated carbocycles. The van der Waals surface area contributed by atoms with E-state index < -0.39 is 0 Å². The van der Waals surface area contributed by atoms with Gasteiger partial charge in [0.2, 0.25) is 0 Å². The van der Waals surface area contributed by atoms with Crippen molar-refractivity contribution >= 4 is 22.6 Å². The van der Waals surface area contributed by atoms with Crippen molar-refractivity contribution in [1.29, 1.82) is 0 Å². The highest BCUT2D eigenvalue weighted by Crippen LogP contribution is 2.26. The number of aryl methyl sites for hydroxylation is 1. The summed E-state index contributed by atoms with van der Waals surface area (Å²) in [5, 5.41) is 3.43. The predicted octanol–water partition coefficient (Wildman–Crippen LogP) is 4.89. The quantitative estimate of drug-likeness (QED) is 0.568. The SMILES string of the molecule is CCCNCc1cc(C)ccc1Oc1ccc(I)cc1. The smallest absolute Gasteiger partial charge is 0.131 e. The van der Waals surface area contributed by atoms with Crippen molar-refractivity contribution in [2.75, 3.05) is 6.54 Å². The van der Waals surface area contributed by atoms with Crippen molar-refractivity contribution in [2.24, 2.45) is 0 Å². The molecule has 0 fully saturated rings. The average molecular weight is 381 g/mol. The van der Waals surface area contributed by atoms with Crippen LogP contribution in [0.25, 0.3) is 0 Å². The Morgan fingerprint density at radius 3 is 2.55 bits per heavy atom. The van der Waals surface area contributed by atoms with Crippen LogP contribution in [0.1, 0.15) is 24.5 Å². The van der Waals surface area contributed by atoms with Crippen LogP contribution in [0.4, 0.5) is 0 Å². The highest BCUT2D eigenvalue weighted by Gasteiger charge is 2.05. The lowest BCUT2D eigenvalue weighted by atomic mass is 10.1. The number of rotatable bonds is 6. The van der Waals surface area contributed by atoms with E-state index in [4.69, 9.17) is 4.74 Å². The number of hydrogen-bond acceptors (Lipinski definition) is 2. The van der Waals surface area contributed by atoms with E-state index in [1.54, 1.807) is 0 Å². The minimum Gasteiger partial charge on any atom is -0.457 e. The fraction of sp³-hybridized carbons (Fsp3) is 0.294. The van der Waals surface area contributed by atoms with Crippen molar-refractivity contribution in [3.8, 4) is 11.5 Å². The van der Waals surface area contributed by atoms with E-state index in [0.29, 0.717) is 0 Å². The molecule has 0 spiro atoms. The van der Waals surface area contributed by atoms with Crippen LogP contribution in [0, 0.1) is 10.5 Å². The van der Waals surface area contributed by atoms with Gasteiger partial charge in [0.25, 0.3) is 0 Å². The Kier molecular flexibility index (Phi) is 5.86. The first kappa shape index (κ1) is 15.3. The van der Waals surface area contributed by atoms with Crippen LogP contribution in [0.3, 0.4) is 0 Å². The van der Waals surface area contributed by atoms with Gasteiger partial charge in [-0.05, 0) is 72.8 Å². The summed E-state index contributed by atoms with van der Waals surface area (Å²) in [6.45, 7) is 6.15. The standard InChI is InChI=1S/C17H20INO/c1-3-10-19-12-14-11-13(2)4-9-17(14)20-16-7-5-15(18)6-8-16/h4-9,11,19H,3,10,12H2,1-2H3. The number of benzene rings is 2. The number of nitrogens with one attached hydrogen (secondary N) is 1. The second kappa shape index (κ2) is 7.64. The summed E-state index contributed by atoms with van der Waals surface area (Å²) in [5.74, 6) is 1.81. The maximum absolute atomic E-state index is 6.01. The molecule has 0 bridgehead atoms. The normalized spacial score (nSPS) is 10.6. The monoisotopic (exact) mass is 381 g/mol. The zero-order valence-electron chi connectivity index (χ0n) is 11.9. The van der Waals surface area contributed by atoms with E-state index in [1.165, 1.54) is 14.7 Å². The first-order chi connectivity index (χ1) is 9.69. The van der Waals surface area contributed by atoms with Crippen molar-refractivity contribution < 1.29 is 4.74 Å². The van der Waals surface area contributed by atoms with Gasteiger partial charge in [0.15, 0.2) is 0 Å². The van der Waals surface area contributed by atoms with Crippen LogP contribution in [-0.4, -0.2) is 6.54 Å². The molecule has 0 aromatic heterocycles. The predicted molar refractivity (Wildman–Crippen MR) is 92.4 cm³/mol. The molecular weight excluding hydrogens is 361 g/mol. The molecule has 106 valence electrons. The second-order valence-electron chi connectivity index (χ2n) is 4.84. The summed E-state index contributed by atoms with van der Waals surface area (Å²) in [7, 11) is 0. The fourth-order valence-electron chi connectivity index (χ4n) is 1.98. The molecule has 2 rings (SSSR count). The van der Waals surface area contributed by atoms with E-state index in [1.807, 2.05) is 12.1 Å². The first-order valence-corrected chi connectivity index (χ1v) is 8.00. The van der Waals surface area contributed by atoms with Gasteiger partial charge in [-0.25, -0.2) is 0 Å². The summed E-state index contributed by atoms with van der Waals surface area (Å²) in [6, 6.07) is 14.4. The summed E-state index contributed by atoms with van der Waals surface area (Å²) in [4.78, 5) is 0. The zero-order chi connectivity index (χ0) is 14.4. The van der Waals surface area contributed by atoms with Crippen LogP contribution in [0.5, 0.6) is 11.5 Å². The van der Waals surface area contributed by atoms with Crippen LogP contribution >= 0.6 is 22.6 Å². The topological polar surface area (TPSA) is 21.3 Å². The summed E-state index contributed by atoms with van der Waals surface area (Å²) < 4.78 is 7.22. The molecular formula is C17H20INO. The number of ether oxygens (including phenoxy) is 1. The Morgan fingerprint density at radius 2 is 1.85 bits per heavy atom. The zero-order valence-corrected chi connectivity index (χ0v) is 14.1. The average Bonchev–Trinajstić information content (AvgIpc) is 2.44. The van der Waals surface area contributed by atoms with Crippen molar-refractivity contribution in [2.45, 2.75) is 26.8 Å². The van der Waals surface area contributed by atoms with E-state index in [9.17, 15) is 0 Å². The first-order valence-electron chi connectivity index (χ1n) is 6.92. The molecule has 0 aliphatic carbocycles. The molecule has 0 aliphatic rings. The van der Waals surface area contributed by atoms with Gasteiger partial charge < -0.3 is 10.1 Å². The minimum absolute atomic E-state index is 0.842. The lowest BCUT2D eigenvalue weighted by Crippen LogP contribution is -2.14. The van der Waals surface area contributed by atoms with E-state index in [-0.39, 0.29) is 0 Å². The van der Waals surface area contributed by atoms with Crippen molar-refractivity contribution in [3.05, 3.63) is 57.2 Å². The number of halogens is 1. The van der Waals surface area contributed by atoms with Gasteiger partial charge >= 0.3 is 0 Å². The molecule has 3 heteroatoms. The molecule has 0 amide bonds. The lowest BCUT2D eigenvalue weighted by Gasteiger charge is -2.13. The van der Waals surface area contributed by atoms with Crippen LogP contribution < -0.4 is 10.1 Å². The van der Waals surface area contributed by atoms with Gasteiger partial charge in [-0.15, -0.1) is 0 Å². The summed E-state index contributed by atoms with van der Waals surface area (Å²) >= 11 is 2.30. The Morgan fingerprint density at radius 1 is 1.10 bits per heavy atom. The van der Waals surface area contributed by atoms with Crippen molar-refractivity contribution in [3.63, 3.8) is 0 Å². The Bertz CT molecular complexity index is 551. The van der Waals surface area contributed by atoms with Gasteiger partial charge in [0, 0.05) is 15.7 Å². The second-order valence-corrected chi connectivity index (χ2v) is 6.09. The molecule has 0 unspecified atom stereocenters. The maximum Gasteiger partial charge on any atom is 0.131 e. The molecule has 0 atom stereocenters. The molecule has 1 N–H and O–H groups in total. The highest BCUT2D eigenvalue weighted by molar-refractivity contribution is 14.1. The third-order valence-corrected chi connectivity index (χ3v) is 3.72. The summed E-state index contributed by atoms with van der Waals surface area (Å²) in [6.07, 6.45) is 1.14. The lowest BCUT2D eigenvalue weighted by molar-refractivity contribution is 0.472. The third-order valence-electron chi connectivity index (χ3n) is 3.00. The van der Waals surface area contributed by atoms with E-state index in [2.05, 4.69) is 72.1 Å². The molecule has 2 aromatic rings. The van der Waals surface area contributed by atoms with E-state index in [0.717, 1.165) is 31.0 Å². The van der Waals surface area contributed by atoms with Gasteiger partial charge in [0.05, 0.1) is 0 Å². The van der Waals surface area contributed by atoms with Gasteiger partial charge in [-0.2, -0.15) is 0 Å². The molecule has 0 aliphatic heterocycles. The van der Waals surface area contributed by atoms with E-state index >= 15 is 0 Å². The third kappa shape index (κ3) is 4.49. The summed E-state index contributed by atoms with van der Waals surface area (Å²) in [5.41, 5.74) is 2.46. The molecule has 2 nitrogen and oxygen atoms in total. The van der Waals surface area contributed by atoms with Gasteiger partial charge in [-0.3, -0.25) is 0 Å². The van der Waals surface area contributed by atoms with Gasteiger partial charge in [0.1, 0.15) is 11.5 Å². The minimum atomic E-state index is 0.842. The Labute approximate surface area is 134 Å². The van der Waals surface area contributed by atoms with Gasteiger partial charge in [-0.1, -0.05) is 24.6 Å².